The van der Waals surface area contributed by atoms with E-state index in [-0.39, 0.29) is 31.1 Å². The molecule has 0 aliphatic rings. The Kier molecular flexibility index (Phi) is 64.1. The van der Waals surface area contributed by atoms with E-state index in [9.17, 15) is 14.4 Å². The topological polar surface area (TPSA) is 78.9 Å². The molecule has 1 unspecified atom stereocenters. The second-order valence-electron chi connectivity index (χ2n) is 23.4. The average molecular weight is 1080 g/mol. The van der Waals surface area contributed by atoms with E-state index in [4.69, 9.17) is 14.2 Å². The van der Waals surface area contributed by atoms with E-state index in [0.717, 1.165) is 77.0 Å². The summed E-state index contributed by atoms with van der Waals surface area (Å²) < 4.78 is 17.0. The van der Waals surface area contributed by atoms with Gasteiger partial charge >= 0.3 is 17.9 Å². The van der Waals surface area contributed by atoms with Crippen LogP contribution in [0.15, 0.2) is 36.5 Å². The summed E-state index contributed by atoms with van der Waals surface area (Å²) >= 11 is 0. The fourth-order valence-electron chi connectivity index (χ4n) is 10.4. The van der Waals surface area contributed by atoms with Crippen molar-refractivity contribution in [3.8, 4) is 0 Å². The summed E-state index contributed by atoms with van der Waals surface area (Å²) in [6, 6.07) is 0. The second kappa shape index (κ2) is 66.1. The molecule has 0 heterocycles. The van der Waals surface area contributed by atoms with Crippen molar-refractivity contribution in [2.24, 2.45) is 0 Å². The van der Waals surface area contributed by atoms with Gasteiger partial charge in [0, 0.05) is 19.3 Å². The number of hydrogen-bond donors (Lipinski definition) is 0. The maximum Gasteiger partial charge on any atom is 0.306 e. The highest BCUT2D eigenvalue weighted by atomic mass is 16.6. The quantitative estimate of drug-likeness (QED) is 0.0261. The molecule has 0 aliphatic carbocycles. The minimum Gasteiger partial charge on any atom is -0.462 e. The van der Waals surface area contributed by atoms with Crippen LogP contribution in [0.25, 0.3) is 0 Å². The molecule has 452 valence electrons. The predicted molar refractivity (Wildman–Crippen MR) is 335 cm³/mol. The third kappa shape index (κ3) is 64.3. The predicted octanol–water partition coefficient (Wildman–Crippen LogP) is 23.6. The molecule has 6 nitrogen and oxygen atoms in total. The highest BCUT2D eigenvalue weighted by Crippen LogP contribution is 2.18. The highest BCUT2D eigenvalue weighted by Gasteiger charge is 2.19. The lowest BCUT2D eigenvalue weighted by Crippen LogP contribution is -2.30. The Hall–Kier alpha value is -2.37. The zero-order valence-corrected chi connectivity index (χ0v) is 52.0. The molecule has 0 fully saturated rings. The maximum atomic E-state index is 12.9. The summed E-state index contributed by atoms with van der Waals surface area (Å²) in [7, 11) is 0. The molecule has 0 saturated heterocycles. The van der Waals surface area contributed by atoms with Gasteiger partial charge in [-0.15, -0.1) is 0 Å². The zero-order chi connectivity index (χ0) is 55.7. The van der Waals surface area contributed by atoms with Gasteiger partial charge in [-0.2, -0.15) is 0 Å². The highest BCUT2D eigenvalue weighted by molar-refractivity contribution is 5.71. The van der Waals surface area contributed by atoms with Crippen molar-refractivity contribution in [1.82, 2.24) is 0 Å². The Morgan fingerprint density at radius 2 is 0.468 bits per heavy atom. The van der Waals surface area contributed by atoms with Gasteiger partial charge in [0.15, 0.2) is 6.10 Å². The van der Waals surface area contributed by atoms with Gasteiger partial charge in [-0.05, 0) is 77.0 Å². The van der Waals surface area contributed by atoms with Crippen molar-refractivity contribution >= 4 is 17.9 Å². The van der Waals surface area contributed by atoms with E-state index in [2.05, 4.69) is 57.2 Å². The van der Waals surface area contributed by atoms with Crippen LogP contribution in [0.5, 0.6) is 0 Å². The lowest BCUT2D eigenvalue weighted by atomic mass is 10.0. The van der Waals surface area contributed by atoms with Gasteiger partial charge in [0.2, 0.25) is 0 Å². The number of unbranched alkanes of at least 4 members (excludes halogenated alkanes) is 47. The van der Waals surface area contributed by atoms with Gasteiger partial charge in [0.25, 0.3) is 0 Å². The zero-order valence-electron chi connectivity index (χ0n) is 52.0. The van der Waals surface area contributed by atoms with Crippen molar-refractivity contribution in [3.63, 3.8) is 0 Å². The molecule has 0 rings (SSSR count). The summed E-state index contributed by atoms with van der Waals surface area (Å²) in [5.74, 6) is -0.859. The van der Waals surface area contributed by atoms with Crippen LogP contribution in [0, 0.1) is 0 Å². The Bertz CT molecular complexity index is 1290. The summed E-state index contributed by atoms with van der Waals surface area (Å²) in [4.78, 5) is 38.4. The van der Waals surface area contributed by atoms with Gasteiger partial charge in [-0.3, -0.25) is 14.4 Å². The standard InChI is InChI=1S/C71H132O6/c1-4-7-10-13-16-19-22-25-28-30-32-34-35-37-38-40-43-46-49-52-55-58-61-64-70(73)76-67-68(66-75-69(72)63-60-57-54-51-48-45-42-27-24-21-18-15-12-9-6-3)77-71(74)65-62-59-56-53-50-47-44-41-39-36-33-31-29-26-23-20-17-14-11-8-5-2/h18,21,27,30,32,42,68H,4-17,19-20,22-26,28-29,31,33-41,43-67H2,1-3H3/b21-18-,32-30-,42-27-. The molecule has 0 N–H and O–H groups in total. The van der Waals surface area contributed by atoms with Crippen molar-refractivity contribution in [2.75, 3.05) is 13.2 Å². The Balaban J connectivity index is 4.29. The molecular formula is C71H132O6. The molecule has 0 aromatic rings. The van der Waals surface area contributed by atoms with E-state index >= 15 is 0 Å². The maximum absolute atomic E-state index is 12.9. The van der Waals surface area contributed by atoms with Crippen molar-refractivity contribution in [2.45, 2.75) is 386 Å². The molecule has 6 heteroatoms. The van der Waals surface area contributed by atoms with E-state index in [1.165, 1.54) is 263 Å². The van der Waals surface area contributed by atoms with E-state index < -0.39 is 6.10 Å². The first-order chi connectivity index (χ1) is 38.0. The summed E-state index contributed by atoms with van der Waals surface area (Å²) in [6.07, 6.45) is 81.6. The Morgan fingerprint density at radius 3 is 0.753 bits per heavy atom. The largest absolute Gasteiger partial charge is 0.462 e. The minimum absolute atomic E-state index is 0.0725. The fourth-order valence-corrected chi connectivity index (χ4v) is 10.4. The normalized spacial score (nSPS) is 12.2. The van der Waals surface area contributed by atoms with Gasteiger partial charge in [-0.1, -0.05) is 320 Å². The van der Waals surface area contributed by atoms with Crippen LogP contribution in [0.2, 0.25) is 0 Å². The van der Waals surface area contributed by atoms with Gasteiger partial charge < -0.3 is 14.2 Å². The molecule has 1 atom stereocenters. The van der Waals surface area contributed by atoms with Crippen molar-refractivity contribution in [3.05, 3.63) is 36.5 Å². The molecule has 0 amide bonds. The smallest absolute Gasteiger partial charge is 0.306 e. The lowest BCUT2D eigenvalue weighted by Gasteiger charge is -2.18. The van der Waals surface area contributed by atoms with Crippen LogP contribution in [0.3, 0.4) is 0 Å². The van der Waals surface area contributed by atoms with Crippen molar-refractivity contribution in [1.29, 1.82) is 0 Å². The average Bonchev–Trinajstić information content (AvgIpc) is 3.43. The van der Waals surface area contributed by atoms with Crippen LogP contribution in [0.1, 0.15) is 380 Å². The Morgan fingerprint density at radius 1 is 0.260 bits per heavy atom. The first kappa shape index (κ1) is 74.6. The molecule has 0 aromatic carbocycles. The van der Waals surface area contributed by atoms with Crippen LogP contribution in [-0.4, -0.2) is 37.2 Å². The number of hydrogen-bond acceptors (Lipinski definition) is 6. The summed E-state index contributed by atoms with van der Waals surface area (Å²) in [6.45, 7) is 6.67. The molecule has 0 spiro atoms. The van der Waals surface area contributed by atoms with E-state index in [1.807, 2.05) is 0 Å². The first-order valence-corrected chi connectivity index (χ1v) is 34.5. The molecule has 0 aromatic heterocycles. The van der Waals surface area contributed by atoms with Gasteiger partial charge in [0.05, 0.1) is 0 Å². The third-order valence-corrected chi connectivity index (χ3v) is 15.6. The third-order valence-electron chi connectivity index (χ3n) is 15.6. The van der Waals surface area contributed by atoms with Crippen LogP contribution < -0.4 is 0 Å². The van der Waals surface area contributed by atoms with Gasteiger partial charge in [-0.25, -0.2) is 0 Å². The molecular weight excluding hydrogens is 949 g/mol. The molecule has 0 aliphatic heterocycles. The number of esters is 3. The van der Waals surface area contributed by atoms with Crippen molar-refractivity contribution < 1.29 is 28.6 Å². The SMILES string of the molecule is CCCCC/C=C\C/C=C\CCCCCCCC(=O)OCC(COC(=O)CCCCCCCCCCCCC/C=C\CCCCCCCCCC)OC(=O)CCCCCCCCCCCCCCCCCCCCCCC. The molecule has 0 radical (unpaired) electrons. The number of carbonyl (C=O) groups excluding carboxylic acids is 3. The first-order valence-electron chi connectivity index (χ1n) is 34.5. The minimum atomic E-state index is -0.777. The van der Waals surface area contributed by atoms with Gasteiger partial charge in [0.1, 0.15) is 13.2 Å². The lowest BCUT2D eigenvalue weighted by molar-refractivity contribution is -0.167. The Labute approximate surface area is 480 Å². The number of carbonyl (C=O) groups is 3. The number of ether oxygens (including phenoxy) is 3. The van der Waals surface area contributed by atoms with Crippen LogP contribution >= 0.6 is 0 Å². The number of rotatable bonds is 64. The monoisotopic (exact) mass is 1080 g/mol. The van der Waals surface area contributed by atoms with E-state index in [0.29, 0.717) is 19.3 Å². The van der Waals surface area contributed by atoms with Crippen LogP contribution in [0.4, 0.5) is 0 Å². The van der Waals surface area contributed by atoms with Crippen LogP contribution in [-0.2, 0) is 28.6 Å². The molecule has 0 bridgehead atoms. The second-order valence-corrected chi connectivity index (χ2v) is 23.4. The summed E-state index contributed by atoms with van der Waals surface area (Å²) in [5, 5.41) is 0. The molecule has 0 saturated carbocycles. The molecule has 77 heavy (non-hydrogen) atoms. The fraction of sp³-hybridized carbons (Fsp3) is 0.873. The summed E-state index contributed by atoms with van der Waals surface area (Å²) in [5.41, 5.74) is 0. The van der Waals surface area contributed by atoms with E-state index in [1.54, 1.807) is 0 Å². The number of allylic oxidation sites excluding steroid dienone is 6.